The Hall–Kier alpha value is -1.95. The number of benzene rings is 1. The Kier molecular flexibility index (Phi) is 4.24. The van der Waals surface area contributed by atoms with E-state index in [-0.39, 0.29) is 12.5 Å². The van der Waals surface area contributed by atoms with Gasteiger partial charge in [-0.3, -0.25) is 4.79 Å². The number of hydrogen-bond donors (Lipinski definition) is 1. The van der Waals surface area contributed by atoms with Crippen LogP contribution in [-0.4, -0.2) is 12.5 Å². The predicted molar refractivity (Wildman–Crippen MR) is 58.3 cm³/mol. The summed E-state index contributed by atoms with van der Waals surface area (Å²) >= 11 is 0. The average molecular weight is 203 g/mol. The highest BCUT2D eigenvalue weighted by molar-refractivity contribution is 5.72. The van der Waals surface area contributed by atoms with Gasteiger partial charge in [-0.05, 0) is 17.7 Å². The van der Waals surface area contributed by atoms with E-state index in [1.165, 1.54) is 6.92 Å². The minimum absolute atomic E-state index is 0.0392. The molecule has 3 nitrogen and oxygen atoms in total. The van der Waals surface area contributed by atoms with Gasteiger partial charge in [-0.25, -0.2) is 0 Å². The quantitative estimate of drug-likeness (QED) is 0.750. The molecule has 0 aliphatic heterocycles. The van der Waals surface area contributed by atoms with Gasteiger partial charge in [-0.1, -0.05) is 18.1 Å². The van der Waals surface area contributed by atoms with Gasteiger partial charge in [-0.15, -0.1) is 6.42 Å². The molecule has 1 aromatic rings. The molecule has 78 valence electrons. The molecule has 0 spiro atoms. The summed E-state index contributed by atoms with van der Waals surface area (Å²) in [6, 6.07) is 7.44. The first-order valence-electron chi connectivity index (χ1n) is 4.62. The highest BCUT2D eigenvalue weighted by Gasteiger charge is 1.96. The standard InChI is InChI=1S/C12H13NO2/c1-3-8-15-12-6-4-11(5-7-12)9-13-10(2)14/h1,4-7H,8-9H2,2H3,(H,13,14). The van der Waals surface area contributed by atoms with Crippen molar-refractivity contribution >= 4 is 5.91 Å². The molecule has 0 aliphatic rings. The Morgan fingerprint density at radius 2 is 2.13 bits per heavy atom. The third-order valence-corrected chi connectivity index (χ3v) is 1.79. The van der Waals surface area contributed by atoms with E-state index >= 15 is 0 Å². The van der Waals surface area contributed by atoms with Gasteiger partial charge in [0.05, 0.1) is 0 Å². The Balaban J connectivity index is 2.49. The summed E-state index contributed by atoms with van der Waals surface area (Å²) < 4.78 is 5.21. The van der Waals surface area contributed by atoms with E-state index in [0.29, 0.717) is 6.54 Å². The van der Waals surface area contributed by atoms with Crippen molar-refractivity contribution in [3.8, 4) is 18.1 Å². The Bertz CT molecular complexity index is 362. The van der Waals surface area contributed by atoms with Gasteiger partial charge in [0.1, 0.15) is 12.4 Å². The van der Waals surface area contributed by atoms with Gasteiger partial charge in [0.15, 0.2) is 0 Å². The van der Waals surface area contributed by atoms with Gasteiger partial charge >= 0.3 is 0 Å². The zero-order valence-electron chi connectivity index (χ0n) is 8.62. The van der Waals surface area contributed by atoms with E-state index in [1.807, 2.05) is 24.3 Å². The van der Waals surface area contributed by atoms with Gasteiger partial charge in [-0.2, -0.15) is 0 Å². The second-order valence-corrected chi connectivity index (χ2v) is 3.05. The molecule has 1 N–H and O–H groups in total. The van der Waals surface area contributed by atoms with Crippen molar-refractivity contribution in [1.29, 1.82) is 0 Å². The summed E-state index contributed by atoms with van der Waals surface area (Å²) in [6.07, 6.45) is 5.06. The lowest BCUT2D eigenvalue weighted by atomic mass is 10.2. The summed E-state index contributed by atoms with van der Waals surface area (Å²) in [5.74, 6) is 3.09. The first kappa shape index (κ1) is 11.1. The van der Waals surface area contributed by atoms with Crippen molar-refractivity contribution in [2.75, 3.05) is 6.61 Å². The topological polar surface area (TPSA) is 38.3 Å². The van der Waals surface area contributed by atoms with Crippen molar-refractivity contribution in [3.05, 3.63) is 29.8 Å². The number of hydrogen-bond acceptors (Lipinski definition) is 2. The molecule has 0 bridgehead atoms. The summed E-state index contributed by atoms with van der Waals surface area (Å²) in [7, 11) is 0. The molecular formula is C12H13NO2. The maximum absolute atomic E-state index is 10.7. The van der Waals surface area contributed by atoms with Gasteiger partial charge in [0, 0.05) is 13.5 Å². The fourth-order valence-corrected chi connectivity index (χ4v) is 1.06. The molecule has 1 aromatic carbocycles. The van der Waals surface area contributed by atoms with E-state index in [4.69, 9.17) is 11.2 Å². The number of carbonyl (C=O) groups is 1. The summed E-state index contributed by atoms with van der Waals surface area (Å²) in [4.78, 5) is 10.7. The number of amides is 1. The van der Waals surface area contributed by atoms with Gasteiger partial charge < -0.3 is 10.1 Å². The maximum Gasteiger partial charge on any atom is 0.217 e. The molecule has 0 fully saturated rings. The molecule has 0 atom stereocenters. The van der Waals surface area contributed by atoms with Crippen LogP contribution < -0.4 is 10.1 Å². The van der Waals surface area contributed by atoms with Crippen LogP contribution in [0.1, 0.15) is 12.5 Å². The lowest BCUT2D eigenvalue weighted by molar-refractivity contribution is -0.119. The van der Waals surface area contributed by atoms with E-state index in [9.17, 15) is 4.79 Å². The molecule has 0 radical (unpaired) electrons. The molecule has 0 saturated carbocycles. The molecule has 0 unspecified atom stereocenters. The molecule has 0 aliphatic carbocycles. The number of nitrogens with one attached hydrogen (secondary N) is 1. The lowest BCUT2D eigenvalue weighted by Gasteiger charge is -2.04. The number of carbonyl (C=O) groups excluding carboxylic acids is 1. The second kappa shape index (κ2) is 5.71. The van der Waals surface area contributed by atoms with Crippen LogP contribution in [0.15, 0.2) is 24.3 Å². The molecular weight excluding hydrogens is 190 g/mol. The Morgan fingerprint density at radius 1 is 1.47 bits per heavy atom. The van der Waals surface area contributed by atoms with Crippen LogP contribution in [0.25, 0.3) is 0 Å². The Labute approximate surface area is 89.4 Å². The number of terminal acetylenes is 1. The molecule has 1 rings (SSSR count). The smallest absolute Gasteiger partial charge is 0.217 e. The van der Waals surface area contributed by atoms with E-state index in [2.05, 4.69) is 11.2 Å². The molecule has 3 heteroatoms. The van der Waals surface area contributed by atoms with E-state index in [0.717, 1.165) is 11.3 Å². The normalized spacial score (nSPS) is 9.07. The third kappa shape index (κ3) is 4.19. The van der Waals surface area contributed by atoms with Crippen LogP contribution in [0.3, 0.4) is 0 Å². The lowest BCUT2D eigenvalue weighted by Crippen LogP contribution is -2.18. The minimum Gasteiger partial charge on any atom is -0.481 e. The highest BCUT2D eigenvalue weighted by atomic mass is 16.5. The zero-order valence-corrected chi connectivity index (χ0v) is 8.62. The number of ether oxygens (including phenoxy) is 1. The summed E-state index contributed by atoms with van der Waals surface area (Å²) in [5.41, 5.74) is 1.03. The van der Waals surface area contributed by atoms with Crippen LogP contribution in [0, 0.1) is 12.3 Å². The van der Waals surface area contributed by atoms with Crippen molar-refractivity contribution in [2.45, 2.75) is 13.5 Å². The van der Waals surface area contributed by atoms with Gasteiger partial charge in [0.2, 0.25) is 5.91 Å². The van der Waals surface area contributed by atoms with Crippen LogP contribution in [0.4, 0.5) is 0 Å². The third-order valence-electron chi connectivity index (χ3n) is 1.79. The Morgan fingerprint density at radius 3 is 2.67 bits per heavy atom. The van der Waals surface area contributed by atoms with E-state index < -0.39 is 0 Å². The molecule has 0 heterocycles. The maximum atomic E-state index is 10.7. The fourth-order valence-electron chi connectivity index (χ4n) is 1.06. The molecule has 15 heavy (non-hydrogen) atoms. The zero-order chi connectivity index (χ0) is 11.1. The monoisotopic (exact) mass is 203 g/mol. The molecule has 0 saturated heterocycles. The summed E-state index contributed by atoms with van der Waals surface area (Å²) in [5, 5.41) is 2.71. The number of rotatable bonds is 4. The minimum atomic E-state index is -0.0392. The SMILES string of the molecule is C#CCOc1ccc(CNC(C)=O)cc1. The largest absolute Gasteiger partial charge is 0.481 e. The molecule has 1 amide bonds. The fraction of sp³-hybridized carbons (Fsp3) is 0.250. The average Bonchev–Trinajstić information content (AvgIpc) is 2.25. The van der Waals surface area contributed by atoms with Crippen LogP contribution in [0.5, 0.6) is 5.75 Å². The second-order valence-electron chi connectivity index (χ2n) is 3.05. The van der Waals surface area contributed by atoms with Crippen molar-refractivity contribution in [2.24, 2.45) is 0 Å². The highest BCUT2D eigenvalue weighted by Crippen LogP contribution is 2.11. The predicted octanol–water partition coefficient (Wildman–Crippen LogP) is 1.33. The first-order chi connectivity index (χ1) is 7.22. The van der Waals surface area contributed by atoms with Crippen molar-refractivity contribution in [3.63, 3.8) is 0 Å². The van der Waals surface area contributed by atoms with E-state index in [1.54, 1.807) is 0 Å². The van der Waals surface area contributed by atoms with Gasteiger partial charge in [0.25, 0.3) is 0 Å². The first-order valence-corrected chi connectivity index (χ1v) is 4.62. The van der Waals surface area contributed by atoms with Crippen LogP contribution in [-0.2, 0) is 11.3 Å². The van der Waals surface area contributed by atoms with Crippen LogP contribution in [0.2, 0.25) is 0 Å². The summed E-state index contributed by atoms with van der Waals surface area (Å²) in [6.45, 7) is 2.29. The van der Waals surface area contributed by atoms with Crippen molar-refractivity contribution in [1.82, 2.24) is 5.32 Å². The van der Waals surface area contributed by atoms with Crippen LogP contribution >= 0.6 is 0 Å². The van der Waals surface area contributed by atoms with Crippen molar-refractivity contribution < 1.29 is 9.53 Å². The molecule has 0 aromatic heterocycles.